The van der Waals surface area contributed by atoms with Gasteiger partial charge in [0.2, 0.25) is 5.91 Å². The van der Waals surface area contributed by atoms with Crippen LogP contribution in [0.2, 0.25) is 0 Å². The van der Waals surface area contributed by atoms with Crippen LogP contribution in [0.25, 0.3) is 0 Å². The molecule has 2 fully saturated rings. The molecule has 2 aliphatic carbocycles. The number of nitrogens with one attached hydrogen (secondary N) is 1. The summed E-state index contributed by atoms with van der Waals surface area (Å²) in [5.74, 6) is -0.123. The summed E-state index contributed by atoms with van der Waals surface area (Å²) >= 11 is 0. The Morgan fingerprint density at radius 1 is 0.917 bits per heavy atom. The van der Waals surface area contributed by atoms with Gasteiger partial charge in [0.15, 0.2) is 0 Å². The Balaban J connectivity index is 1.58. The van der Waals surface area contributed by atoms with Crippen molar-refractivity contribution in [1.82, 2.24) is 5.32 Å². The molecular formula is C19H33NO4. The van der Waals surface area contributed by atoms with Crippen molar-refractivity contribution >= 4 is 11.9 Å². The summed E-state index contributed by atoms with van der Waals surface area (Å²) in [6, 6.07) is 0.273. The Morgan fingerprint density at radius 3 is 2.29 bits per heavy atom. The summed E-state index contributed by atoms with van der Waals surface area (Å²) < 4.78 is 0. The van der Waals surface area contributed by atoms with Crippen molar-refractivity contribution in [2.24, 2.45) is 11.8 Å². The molecule has 0 aromatic heterocycles. The summed E-state index contributed by atoms with van der Waals surface area (Å²) in [5.41, 5.74) is 0. The number of aliphatic hydroxyl groups is 1. The molecule has 5 nitrogen and oxygen atoms in total. The second kappa shape index (κ2) is 10.0. The predicted molar refractivity (Wildman–Crippen MR) is 92.6 cm³/mol. The van der Waals surface area contributed by atoms with Gasteiger partial charge in [0.1, 0.15) is 0 Å². The van der Waals surface area contributed by atoms with Crippen molar-refractivity contribution in [3.63, 3.8) is 0 Å². The molecular weight excluding hydrogens is 306 g/mol. The van der Waals surface area contributed by atoms with Crippen molar-refractivity contribution in [2.45, 2.75) is 95.6 Å². The molecule has 0 aromatic rings. The minimum absolute atomic E-state index is 0.0549. The number of carbonyl (C=O) groups excluding carboxylic acids is 1. The molecule has 0 saturated heterocycles. The summed E-state index contributed by atoms with van der Waals surface area (Å²) in [7, 11) is 0. The standard InChI is InChI=1S/C19H33NO4/c21-17-8-5-4-7-16(17)19(24)20-15-12-10-14(11-13-15)6-2-1-3-9-18(22)23/h14-17,21H,1-13H2,(H,20,24)(H,22,23). The van der Waals surface area contributed by atoms with Crippen LogP contribution in [-0.4, -0.2) is 34.2 Å². The first-order valence-electron chi connectivity index (χ1n) is 9.76. The average Bonchev–Trinajstić information content (AvgIpc) is 2.56. The van der Waals surface area contributed by atoms with Crippen molar-refractivity contribution in [3.05, 3.63) is 0 Å². The Labute approximate surface area is 145 Å². The molecule has 2 saturated carbocycles. The van der Waals surface area contributed by atoms with Gasteiger partial charge in [0.25, 0.3) is 0 Å². The maximum atomic E-state index is 12.3. The highest BCUT2D eigenvalue weighted by Crippen LogP contribution is 2.30. The van der Waals surface area contributed by atoms with Crippen molar-refractivity contribution in [3.8, 4) is 0 Å². The smallest absolute Gasteiger partial charge is 0.303 e. The summed E-state index contributed by atoms with van der Waals surface area (Å²) in [4.78, 5) is 22.8. The number of hydrogen-bond acceptors (Lipinski definition) is 3. The molecule has 0 spiro atoms. The highest BCUT2D eigenvalue weighted by atomic mass is 16.4. The zero-order valence-electron chi connectivity index (χ0n) is 14.7. The third-order valence-electron chi connectivity index (χ3n) is 5.76. The Morgan fingerprint density at radius 2 is 1.62 bits per heavy atom. The van der Waals surface area contributed by atoms with E-state index in [1.54, 1.807) is 0 Å². The summed E-state index contributed by atoms with van der Waals surface area (Å²) in [6.07, 6.45) is 11.9. The SMILES string of the molecule is O=C(O)CCCCCC1CCC(NC(=O)C2CCCCC2O)CC1. The van der Waals surface area contributed by atoms with Gasteiger partial charge in [-0.3, -0.25) is 9.59 Å². The van der Waals surface area contributed by atoms with Gasteiger partial charge in [0, 0.05) is 12.5 Å². The molecule has 2 aliphatic rings. The second-order valence-electron chi connectivity index (χ2n) is 7.68. The number of unbranched alkanes of at least 4 members (excludes halogenated alkanes) is 2. The highest BCUT2D eigenvalue weighted by molar-refractivity contribution is 5.79. The van der Waals surface area contributed by atoms with Gasteiger partial charge in [-0.05, 0) is 50.9 Å². The van der Waals surface area contributed by atoms with Gasteiger partial charge >= 0.3 is 5.97 Å². The molecule has 24 heavy (non-hydrogen) atoms. The van der Waals surface area contributed by atoms with Gasteiger partial charge in [-0.15, -0.1) is 0 Å². The number of aliphatic carboxylic acids is 1. The number of hydrogen-bond donors (Lipinski definition) is 3. The maximum absolute atomic E-state index is 12.3. The lowest BCUT2D eigenvalue weighted by Gasteiger charge is -2.32. The van der Waals surface area contributed by atoms with Gasteiger partial charge < -0.3 is 15.5 Å². The van der Waals surface area contributed by atoms with E-state index in [0.717, 1.165) is 76.5 Å². The Kier molecular flexibility index (Phi) is 8.03. The molecule has 0 bridgehead atoms. The molecule has 138 valence electrons. The van der Waals surface area contributed by atoms with E-state index in [9.17, 15) is 14.7 Å². The minimum atomic E-state index is -0.700. The van der Waals surface area contributed by atoms with Crippen LogP contribution in [0.15, 0.2) is 0 Å². The average molecular weight is 339 g/mol. The lowest BCUT2D eigenvalue weighted by atomic mass is 9.82. The number of carbonyl (C=O) groups is 2. The molecule has 2 atom stereocenters. The fourth-order valence-electron chi connectivity index (χ4n) is 4.21. The van der Waals surface area contributed by atoms with E-state index in [1.165, 1.54) is 6.42 Å². The zero-order chi connectivity index (χ0) is 17.4. The highest BCUT2D eigenvalue weighted by Gasteiger charge is 2.31. The topological polar surface area (TPSA) is 86.6 Å². The van der Waals surface area contributed by atoms with Crippen molar-refractivity contribution in [2.75, 3.05) is 0 Å². The predicted octanol–water partition coefficient (Wildman–Crippen LogP) is 3.25. The number of carboxylic acids is 1. The fraction of sp³-hybridized carbons (Fsp3) is 0.895. The number of amides is 1. The van der Waals surface area contributed by atoms with Gasteiger partial charge in [-0.2, -0.15) is 0 Å². The first-order chi connectivity index (χ1) is 11.6. The van der Waals surface area contributed by atoms with Gasteiger partial charge in [-0.1, -0.05) is 32.1 Å². The Bertz CT molecular complexity index is 404. The van der Waals surface area contributed by atoms with E-state index >= 15 is 0 Å². The van der Waals surface area contributed by atoms with E-state index in [1.807, 2.05) is 0 Å². The normalized spacial score (nSPS) is 30.7. The van der Waals surface area contributed by atoms with Crippen LogP contribution in [0.3, 0.4) is 0 Å². The minimum Gasteiger partial charge on any atom is -0.481 e. The van der Waals surface area contributed by atoms with Crippen LogP contribution in [0.1, 0.15) is 83.5 Å². The maximum Gasteiger partial charge on any atom is 0.303 e. The molecule has 2 unspecified atom stereocenters. The number of carboxylic acid groups (broad SMARTS) is 1. The van der Waals surface area contributed by atoms with Gasteiger partial charge in [-0.25, -0.2) is 0 Å². The molecule has 2 rings (SSSR count). The summed E-state index contributed by atoms with van der Waals surface area (Å²) in [5, 5.41) is 21.8. The summed E-state index contributed by atoms with van der Waals surface area (Å²) in [6.45, 7) is 0. The van der Waals surface area contributed by atoms with Crippen LogP contribution in [0.5, 0.6) is 0 Å². The number of aliphatic hydroxyl groups excluding tert-OH is 1. The quantitative estimate of drug-likeness (QED) is 0.593. The second-order valence-corrected chi connectivity index (χ2v) is 7.68. The molecule has 1 amide bonds. The Hall–Kier alpha value is -1.10. The third-order valence-corrected chi connectivity index (χ3v) is 5.76. The van der Waals surface area contributed by atoms with Crippen LogP contribution in [0.4, 0.5) is 0 Å². The zero-order valence-corrected chi connectivity index (χ0v) is 14.7. The molecule has 0 aliphatic heterocycles. The number of rotatable bonds is 8. The molecule has 3 N–H and O–H groups in total. The van der Waals surface area contributed by atoms with E-state index < -0.39 is 12.1 Å². The van der Waals surface area contributed by atoms with Crippen LogP contribution in [-0.2, 0) is 9.59 Å². The first-order valence-corrected chi connectivity index (χ1v) is 9.76. The molecule has 0 aromatic carbocycles. The molecule has 5 heteroatoms. The van der Waals surface area contributed by atoms with Crippen molar-refractivity contribution < 1.29 is 19.8 Å². The molecule has 0 radical (unpaired) electrons. The lowest BCUT2D eigenvalue weighted by molar-refractivity contribution is -0.137. The van der Waals surface area contributed by atoms with Crippen LogP contribution < -0.4 is 5.32 Å². The largest absolute Gasteiger partial charge is 0.481 e. The third kappa shape index (κ3) is 6.42. The fourth-order valence-corrected chi connectivity index (χ4v) is 4.21. The van der Waals surface area contributed by atoms with E-state index in [0.29, 0.717) is 0 Å². The van der Waals surface area contributed by atoms with E-state index in [2.05, 4.69) is 5.32 Å². The van der Waals surface area contributed by atoms with E-state index in [-0.39, 0.29) is 24.3 Å². The van der Waals surface area contributed by atoms with Crippen LogP contribution in [0, 0.1) is 11.8 Å². The van der Waals surface area contributed by atoms with E-state index in [4.69, 9.17) is 5.11 Å². The molecule has 0 heterocycles. The monoisotopic (exact) mass is 339 g/mol. The van der Waals surface area contributed by atoms with Crippen molar-refractivity contribution in [1.29, 1.82) is 0 Å². The van der Waals surface area contributed by atoms with Crippen LogP contribution >= 0.6 is 0 Å². The lowest BCUT2D eigenvalue weighted by Crippen LogP contribution is -2.45. The first kappa shape index (κ1) is 19.2. The van der Waals surface area contributed by atoms with Gasteiger partial charge in [0.05, 0.1) is 12.0 Å².